The maximum Gasteiger partial charge on any atom is 0.307 e. The number of pyridine rings is 2. The number of carboxylic acid groups (broad SMARTS) is 1. The van der Waals surface area contributed by atoms with Crippen LogP contribution in [0.15, 0.2) is 95.5 Å². The molecular formula is C47H54N8O7S2. The van der Waals surface area contributed by atoms with Gasteiger partial charge in [-0.1, -0.05) is 31.7 Å². The van der Waals surface area contributed by atoms with Crippen molar-refractivity contribution in [2.24, 2.45) is 5.14 Å². The SMILES string of the molecule is C.Cc1cc(-c2ccc3c(c2CC(=O)NS(=O)(=O)c2cnn(C4CC4)c2)CCC3)ccn1.Cc1cc(-c2ccc3c(c2CC(=O)O)CCC3)ccn1.NS(=O)(=O)c1cnn(C2CC2)c1. The fourth-order valence-corrected chi connectivity index (χ4v) is 9.79. The van der Waals surface area contributed by atoms with Gasteiger partial charge in [-0.2, -0.15) is 10.2 Å². The topological polar surface area (TPSA) is 222 Å². The summed E-state index contributed by atoms with van der Waals surface area (Å²) >= 11 is 0. The molecule has 0 unspecified atom stereocenters. The summed E-state index contributed by atoms with van der Waals surface area (Å²) in [5.74, 6) is -1.30. The van der Waals surface area contributed by atoms with Gasteiger partial charge in [0.05, 0.1) is 37.3 Å². The van der Waals surface area contributed by atoms with Crippen molar-refractivity contribution >= 4 is 31.9 Å². The number of nitrogens with zero attached hydrogens (tertiary/aromatic N) is 6. The van der Waals surface area contributed by atoms with Crippen LogP contribution >= 0.6 is 0 Å². The Labute approximate surface area is 374 Å². The number of nitrogens with one attached hydrogen (secondary N) is 1. The minimum absolute atomic E-state index is 0. The van der Waals surface area contributed by atoms with Gasteiger partial charge in [0.2, 0.25) is 15.9 Å². The number of aryl methyl sites for hydroxylation is 4. The number of aromatic nitrogens is 6. The van der Waals surface area contributed by atoms with Gasteiger partial charge in [-0.05, 0) is 158 Å². The van der Waals surface area contributed by atoms with Crippen molar-refractivity contribution in [3.63, 3.8) is 0 Å². The molecule has 4 aliphatic rings. The first kappa shape index (κ1) is 46.0. The molecule has 0 aliphatic heterocycles. The Morgan fingerprint density at radius 3 is 1.61 bits per heavy atom. The zero-order valence-electron chi connectivity index (χ0n) is 35.2. The highest BCUT2D eigenvalue weighted by molar-refractivity contribution is 7.90. The van der Waals surface area contributed by atoms with E-state index in [0.717, 1.165) is 109 Å². The third-order valence-electron chi connectivity index (χ3n) is 11.8. The Hall–Kier alpha value is -6.04. The number of hydrogen-bond donors (Lipinski definition) is 3. The van der Waals surface area contributed by atoms with Crippen molar-refractivity contribution < 1.29 is 31.5 Å². The highest BCUT2D eigenvalue weighted by Crippen LogP contribution is 2.37. The number of primary sulfonamides is 1. The molecule has 15 nitrogen and oxygen atoms in total. The molecule has 2 fully saturated rings. The van der Waals surface area contributed by atoms with E-state index in [2.05, 4.69) is 43.1 Å². The summed E-state index contributed by atoms with van der Waals surface area (Å²) in [5.41, 5.74) is 12.7. The van der Waals surface area contributed by atoms with Gasteiger partial charge >= 0.3 is 5.97 Å². The molecular weight excluding hydrogens is 853 g/mol. The second-order valence-electron chi connectivity index (χ2n) is 16.6. The number of nitrogens with two attached hydrogens (primary N) is 1. The Morgan fingerprint density at radius 2 is 1.17 bits per heavy atom. The molecule has 0 bridgehead atoms. The average molecular weight is 907 g/mol. The van der Waals surface area contributed by atoms with Gasteiger partial charge in [0, 0.05) is 36.2 Å². The average Bonchev–Trinajstić information content (AvgIpc) is 3.95. The van der Waals surface area contributed by atoms with Crippen LogP contribution < -0.4 is 9.86 Å². The van der Waals surface area contributed by atoms with Crippen LogP contribution in [0.1, 0.15) is 103 Å². The second kappa shape index (κ2) is 19.0. The number of hydrogen-bond acceptors (Lipinski definition) is 10. The molecule has 2 saturated carbocycles. The van der Waals surface area contributed by atoms with Gasteiger partial charge in [0.1, 0.15) is 9.79 Å². The maximum atomic E-state index is 12.9. The van der Waals surface area contributed by atoms with Crippen molar-refractivity contribution in [1.29, 1.82) is 0 Å². The monoisotopic (exact) mass is 906 g/mol. The summed E-state index contributed by atoms with van der Waals surface area (Å²) < 4.78 is 52.6. The van der Waals surface area contributed by atoms with Crippen LogP contribution in [-0.4, -0.2) is 63.3 Å². The van der Waals surface area contributed by atoms with Gasteiger partial charge < -0.3 is 5.11 Å². The fraction of sp³-hybridized carbons (Fsp3) is 0.362. The standard InChI is InChI=1S/C23H24N4O3S.C17H17NO2.C6H9N3O2S.CH4/c1-15-11-17(9-10-24-15)21-8-5-16-3-2-4-20(16)22(21)12-23(28)26-31(29,30)19-13-25-27(14-19)18-6-7-18;1-11-9-13(7-8-18-11)15-6-5-12-3-2-4-14(12)16(15)10-17(19)20;7-12(10,11)6-3-8-9(4-6)5-1-2-5;/h5,8-11,13-14,18H,2-4,6-7,12H2,1H3,(H,26,28);5-9H,2-4,10H2,1H3,(H,19,20);3-5H,1-2H2,(H2,7,10,11);1H4. The lowest BCUT2D eigenvalue weighted by Crippen LogP contribution is -2.32. The summed E-state index contributed by atoms with van der Waals surface area (Å²) in [6.07, 6.45) is 19.5. The molecule has 0 atom stereocenters. The molecule has 4 N–H and O–H groups in total. The number of benzene rings is 2. The second-order valence-corrected chi connectivity index (χ2v) is 19.9. The van der Waals surface area contributed by atoms with Crippen LogP contribution in [0.4, 0.5) is 0 Å². The summed E-state index contributed by atoms with van der Waals surface area (Å²) in [7, 11) is -7.53. The van der Waals surface area contributed by atoms with E-state index in [4.69, 9.17) is 5.14 Å². The third-order valence-corrected chi connectivity index (χ3v) is 14.0. The van der Waals surface area contributed by atoms with E-state index in [1.165, 1.54) is 47.0 Å². The van der Waals surface area contributed by atoms with E-state index in [0.29, 0.717) is 6.04 Å². The summed E-state index contributed by atoms with van der Waals surface area (Å²) in [5, 5.41) is 22.1. The Bertz CT molecular complexity index is 2940. The molecule has 6 aromatic rings. The molecule has 64 heavy (non-hydrogen) atoms. The Balaban J connectivity index is 0.000000158. The number of carboxylic acids is 1. The highest BCUT2D eigenvalue weighted by Gasteiger charge is 2.29. The van der Waals surface area contributed by atoms with E-state index in [-0.39, 0.29) is 36.1 Å². The molecule has 10 rings (SSSR count). The molecule has 336 valence electrons. The van der Waals surface area contributed by atoms with Gasteiger partial charge in [0.15, 0.2) is 0 Å². The number of sulfonamides is 2. The first-order chi connectivity index (χ1) is 30.1. The third kappa shape index (κ3) is 10.8. The van der Waals surface area contributed by atoms with Crippen LogP contribution in [0, 0.1) is 13.8 Å². The van der Waals surface area contributed by atoms with Crippen molar-refractivity contribution in [3.05, 3.63) is 130 Å². The van der Waals surface area contributed by atoms with Gasteiger partial charge in [-0.15, -0.1) is 0 Å². The minimum atomic E-state index is -3.96. The highest BCUT2D eigenvalue weighted by atomic mass is 32.2. The van der Waals surface area contributed by atoms with Crippen LogP contribution in [0.3, 0.4) is 0 Å². The molecule has 4 aliphatic carbocycles. The van der Waals surface area contributed by atoms with Crippen molar-refractivity contribution in [3.8, 4) is 22.3 Å². The molecule has 0 radical (unpaired) electrons. The Morgan fingerprint density at radius 1 is 0.703 bits per heavy atom. The van der Waals surface area contributed by atoms with E-state index >= 15 is 0 Å². The quantitative estimate of drug-likeness (QED) is 0.123. The molecule has 4 heterocycles. The zero-order chi connectivity index (χ0) is 44.5. The zero-order valence-corrected chi connectivity index (χ0v) is 36.8. The van der Waals surface area contributed by atoms with Gasteiger partial charge in [-0.3, -0.25) is 28.9 Å². The maximum absolute atomic E-state index is 12.9. The van der Waals surface area contributed by atoms with Crippen LogP contribution in [0.25, 0.3) is 22.3 Å². The largest absolute Gasteiger partial charge is 0.481 e. The predicted molar refractivity (Wildman–Crippen MR) is 242 cm³/mol. The predicted octanol–water partition coefficient (Wildman–Crippen LogP) is 6.80. The number of amides is 1. The number of carbonyl (C=O) groups is 2. The first-order valence-electron chi connectivity index (χ1n) is 21.1. The Kier molecular flexibility index (Phi) is 13.6. The van der Waals surface area contributed by atoms with Crippen LogP contribution in [-0.2, 0) is 68.2 Å². The van der Waals surface area contributed by atoms with Crippen molar-refractivity contribution in [1.82, 2.24) is 34.3 Å². The minimum Gasteiger partial charge on any atom is -0.481 e. The molecule has 0 saturated heterocycles. The van der Waals surface area contributed by atoms with E-state index in [9.17, 15) is 31.5 Å². The number of rotatable bonds is 11. The van der Waals surface area contributed by atoms with Gasteiger partial charge in [0.25, 0.3) is 10.0 Å². The number of aliphatic carboxylic acids is 1. The molecule has 17 heteroatoms. The lowest BCUT2D eigenvalue weighted by atomic mass is 9.91. The number of carbonyl (C=O) groups excluding carboxylic acids is 1. The fourth-order valence-electron chi connectivity index (χ4n) is 8.42. The van der Waals surface area contributed by atoms with Crippen LogP contribution in [0.5, 0.6) is 0 Å². The van der Waals surface area contributed by atoms with Crippen LogP contribution in [0.2, 0.25) is 0 Å². The lowest BCUT2D eigenvalue weighted by Gasteiger charge is -2.15. The molecule has 4 aromatic heterocycles. The van der Waals surface area contributed by atoms with E-state index in [1.54, 1.807) is 21.8 Å². The van der Waals surface area contributed by atoms with Gasteiger partial charge in [-0.25, -0.2) is 26.7 Å². The van der Waals surface area contributed by atoms with Crippen molar-refractivity contribution in [2.75, 3.05) is 0 Å². The lowest BCUT2D eigenvalue weighted by molar-refractivity contribution is -0.136. The smallest absolute Gasteiger partial charge is 0.307 e. The first-order valence-corrected chi connectivity index (χ1v) is 24.2. The summed E-state index contributed by atoms with van der Waals surface area (Å²) in [6, 6.07) is 16.9. The number of fused-ring (bicyclic) bond motifs is 2. The summed E-state index contributed by atoms with van der Waals surface area (Å²) in [4.78, 5) is 32.7. The molecule has 2 aromatic carbocycles. The summed E-state index contributed by atoms with van der Waals surface area (Å²) in [6.45, 7) is 3.88. The van der Waals surface area contributed by atoms with E-state index < -0.39 is 31.9 Å². The van der Waals surface area contributed by atoms with E-state index in [1.807, 2.05) is 44.2 Å². The molecule has 0 spiro atoms. The normalized spacial score (nSPS) is 15.1. The molecule has 1 amide bonds. The van der Waals surface area contributed by atoms with Crippen molar-refractivity contribution in [2.45, 2.75) is 120 Å².